The van der Waals surface area contributed by atoms with Gasteiger partial charge in [-0.3, -0.25) is 5.10 Å². The third-order valence-corrected chi connectivity index (χ3v) is 6.31. The van der Waals surface area contributed by atoms with Gasteiger partial charge in [0.25, 0.3) is 10.0 Å². The summed E-state index contributed by atoms with van der Waals surface area (Å²) in [6.45, 7) is 0. The number of para-hydroxylation sites is 2. The highest BCUT2D eigenvalue weighted by Gasteiger charge is 2.33. The number of hydrogen-bond donors (Lipinski definition) is 1. The second kappa shape index (κ2) is 7.41. The molecule has 0 aliphatic rings. The van der Waals surface area contributed by atoms with Crippen LogP contribution in [-0.2, 0) is 10.0 Å². The zero-order valence-electron chi connectivity index (χ0n) is 14.2. The van der Waals surface area contributed by atoms with Crippen LogP contribution in [0.25, 0.3) is 0 Å². The van der Waals surface area contributed by atoms with E-state index in [1.165, 1.54) is 18.3 Å². The van der Waals surface area contributed by atoms with Crippen molar-refractivity contribution in [3.8, 4) is 11.5 Å². The van der Waals surface area contributed by atoms with Gasteiger partial charge in [-0.1, -0.05) is 41.7 Å². The summed E-state index contributed by atoms with van der Waals surface area (Å²) in [4.78, 5) is 3.79. The maximum absolute atomic E-state index is 13.6. The number of H-pyrrole nitrogens is 1. The summed E-state index contributed by atoms with van der Waals surface area (Å²) in [7, 11) is -4.20. The molecule has 2 aromatic heterocycles. The minimum Gasteiger partial charge on any atom is -0.456 e. The molecule has 0 saturated heterocycles. The highest BCUT2D eigenvalue weighted by atomic mass is 32.2. The van der Waals surface area contributed by atoms with Crippen LogP contribution >= 0.6 is 11.3 Å². The molecule has 28 heavy (non-hydrogen) atoms. The Morgan fingerprint density at radius 2 is 1.79 bits per heavy atom. The SMILES string of the molecule is O=S(=O)(c1ccccc1Oc1ccccc1)N(c1ccn[nH]1)c1ncc(F)s1. The first-order chi connectivity index (χ1) is 13.6. The van der Waals surface area contributed by atoms with Gasteiger partial charge in [0.1, 0.15) is 22.2 Å². The lowest BCUT2D eigenvalue weighted by Crippen LogP contribution is -2.27. The summed E-state index contributed by atoms with van der Waals surface area (Å²) in [5, 5.41) is 5.72. The number of aromatic amines is 1. The van der Waals surface area contributed by atoms with Crippen LogP contribution in [-0.4, -0.2) is 23.6 Å². The average Bonchev–Trinajstić information content (AvgIpc) is 3.35. The van der Waals surface area contributed by atoms with E-state index in [-0.39, 0.29) is 21.6 Å². The maximum atomic E-state index is 13.6. The molecule has 4 rings (SSSR count). The molecule has 0 bridgehead atoms. The van der Waals surface area contributed by atoms with Gasteiger partial charge in [0, 0.05) is 6.07 Å². The maximum Gasteiger partial charge on any atom is 0.275 e. The first-order valence-electron chi connectivity index (χ1n) is 8.04. The number of rotatable bonds is 6. The quantitative estimate of drug-likeness (QED) is 0.506. The predicted octanol–water partition coefficient (Wildman–Crippen LogP) is 4.32. The van der Waals surface area contributed by atoms with Crippen molar-refractivity contribution in [2.24, 2.45) is 0 Å². The molecule has 0 aliphatic heterocycles. The molecule has 1 N–H and O–H groups in total. The van der Waals surface area contributed by atoms with Crippen LogP contribution in [0.1, 0.15) is 0 Å². The van der Waals surface area contributed by atoms with E-state index in [9.17, 15) is 12.8 Å². The largest absolute Gasteiger partial charge is 0.456 e. The number of anilines is 2. The van der Waals surface area contributed by atoms with Crippen molar-refractivity contribution in [3.63, 3.8) is 0 Å². The van der Waals surface area contributed by atoms with Gasteiger partial charge >= 0.3 is 0 Å². The molecule has 7 nitrogen and oxygen atoms in total. The van der Waals surface area contributed by atoms with E-state index in [1.54, 1.807) is 42.5 Å². The molecular weight excluding hydrogens is 403 g/mol. The molecule has 4 aromatic rings. The Labute approximate surface area is 164 Å². The lowest BCUT2D eigenvalue weighted by atomic mass is 10.3. The second-order valence-electron chi connectivity index (χ2n) is 5.52. The number of benzene rings is 2. The Balaban J connectivity index is 1.82. The smallest absolute Gasteiger partial charge is 0.275 e. The van der Waals surface area contributed by atoms with E-state index < -0.39 is 15.2 Å². The fourth-order valence-electron chi connectivity index (χ4n) is 2.50. The van der Waals surface area contributed by atoms with Crippen molar-refractivity contribution < 1.29 is 17.5 Å². The fraction of sp³-hybridized carbons (Fsp3) is 0. The van der Waals surface area contributed by atoms with Crippen molar-refractivity contribution in [3.05, 3.63) is 78.2 Å². The van der Waals surface area contributed by atoms with Crippen LogP contribution in [0.15, 0.2) is 78.0 Å². The monoisotopic (exact) mass is 416 g/mol. The molecule has 0 amide bonds. The summed E-state index contributed by atoms with van der Waals surface area (Å²) in [6, 6.07) is 16.5. The molecular formula is C18H13FN4O3S2. The van der Waals surface area contributed by atoms with Crippen molar-refractivity contribution in [2.45, 2.75) is 4.90 Å². The lowest BCUT2D eigenvalue weighted by Gasteiger charge is -2.21. The molecule has 0 fully saturated rings. The van der Waals surface area contributed by atoms with Crippen LogP contribution in [0.4, 0.5) is 15.3 Å². The molecule has 0 unspecified atom stereocenters. The highest BCUT2D eigenvalue weighted by Crippen LogP contribution is 2.37. The van der Waals surface area contributed by atoms with E-state index in [0.717, 1.165) is 10.5 Å². The number of hydrogen-bond acceptors (Lipinski definition) is 6. The molecule has 0 atom stereocenters. The van der Waals surface area contributed by atoms with E-state index in [2.05, 4.69) is 15.2 Å². The predicted molar refractivity (Wildman–Crippen MR) is 103 cm³/mol. The Bertz CT molecular complexity index is 1180. The topological polar surface area (TPSA) is 88.2 Å². The van der Waals surface area contributed by atoms with Crippen molar-refractivity contribution in [1.82, 2.24) is 15.2 Å². The third-order valence-electron chi connectivity index (χ3n) is 3.68. The van der Waals surface area contributed by atoms with Crippen LogP contribution < -0.4 is 9.04 Å². The standard InChI is InChI=1S/C18H13FN4O3S2/c19-16-12-20-18(27-16)23(17-10-11-21-22-17)28(24,25)15-9-5-4-8-14(15)26-13-6-2-1-3-7-13/h1-12H,(H,21,22). The first kappa shape index (κ1) is 18.1. The summed E-state index contributed by atoms with van der Waals surface area (Å²) in [5.41, 5.74) is 0. The van der Waals surface area contributed by atoms with E-state index in [0.29, 0.717) is 17.1 Å². The van der Waals surface area contributed by atoms with Gasteiger partial charge in [-0.25, -0.2) is 13.4 Å². The minimum absolute atomic E-state index is 0.0590. The zero-order chi connectivity index (χ0) is 19.6. The third kappa shape index (κ3) is 3.47. The Morgan fingerprint density at radius 1 is 1.04 bits per heavy atom. The van der Waals surface area contributed by atoms with Crippen LogP contribution in [0.3, 0.4) is 0 Å². The summed E-state index contributed by atoms with van der Waals surface area (Å²) < 4.78 is 47.2. The number of sulfonamides is 1. The van der Waals surface area contributed by atoms with Gasteiger partial charge in [0.05, 0.1) is 12.4 Å². The van der Waals surface area contributed by atoms with E-state index in [1.807, 2.05) is 6.07 Å². The number of ether oxygens (including phenoxy) is 1. The van der Waals surface area contributed by atoms with Gasteiger partial charge in [-0.15, -0.1) is 0 Å². The van der Waals surface area contributed by atoms with E-state index in [4.69, 9.17) is 4.74 Å². The number of nitrogens with one attached hydrogen (secondary N) is 1. The average molecular weight is 416 g/mol. The van der Waals surface area contributed by atoms with Crippen molar-refractivity contribution >= 4 is 32.3 Å². The normalized spacial score (nSPS) is 11.3. The van der Waals surface area contributed by atoms with Crippen molar-refractivity contribution in [2.75, 3.05) is 4.31 Å². The molecule has 2 aromatic carbocycles. The Morgan fingerprint density at radius 3 is 2.46 bits per heavy atom. The minimum atomic E-state index is -4.20. The van der Waals surface area contributed by atoms with Crippen LogP contribution in [0, 0.1) is 5.13 Å². The second-order valence-corrected chi connectivity index (χ2v) is 8.23. The first-order valence-corrected chi connectivity index (χ1v) is 10.3. The Kier molecular flexibility index (Phi) is 4.80. The molecule has 0 saturated carbocycles. The van der Waals surface area contributed by atoms with Gasteiger partial charge < -0.3 is 4.74 Å². The Hall–Kier alpha value is -3.24. The molecule has 0 aliphatic carbocycles. The van der Waals surface area contributed by atoms with Gasteiger partial charge in [-0.05, 0) is 24.3 Å². The summed E-state index contributed by atoms with van der Waals surface area (Å²) >= 11 is 0.606. The van der Waals surface area contributed by atoms with Gasteiger partial charge in [0.15, 0.2) is 5.13 Å². The molecule has 0 radical (unpaired) electrons. The van der Waals surface area contributed by atoms with Gasteiger partial charge in [0.2, 0.25) is 5.13 Å². The zero-order valence-corrected chi connectivity index (χ0v) is 15.8. The van der Waals surface area contributed by atoms with Gasteiger partial charge in [-0.2, -0.15) is 13.8 Å². The highest BCUT2D eigenvalue weighted by molar-refractivity contribution is 7.93. The number of thiazole rings is 1. The van der Waals surface area contributed by atoms with Crippen molar-refractivity contribution in [1.29, 1.82) is 0 Å². The van der Waals surface area contributed by atoms with Crippen LogP contribution in [0.2, 0.25) is 0 Å². The molecule has 142 valence electrons. The summed E-state index contributed by atoms with van der Waals surface area (Å²) in [6.07, 6.45) is 2.36. The molecule has 10 heteroatoms. The summed E-state index contributed by atoms with van der Waals surface area (Å²) in [5.74, 6) is 0.748. The van der Waals surface area contributed by atoms with Crippen LogP contribution in [0.5, 0.6) is 11.5 Å². The molecule has 0 spiro atoms. The molecule has 2 heterocycles. The van der Waals surface area contributed by atoms with E-state index >= 15 is 0 Å². The fourth-order valence-corrected chi connectivity index (χ4v) is 4.90. The number of nitrogens with zero attached hydrogens (tertiary/aromatic N) is 3. The number of aromatic nitrogens is 3. The number of halogens is 1. The lowest BCUT2D eigenvalue weighted by molar-refractivity contribution is 0.467.